The van der Waals surface area contributed by atoms with Gasteiger partial charge in [-0.3, -0.25) is 4.68 Å². The number of nitrogens with zero attached hydrogens (tertiary/aromatic N) is 5. The van der Waals surface area contributed by atoms with Crippen molar-refractivity contribution in [3.05, 3.63) is 65.9 Å². The van der Waals surface area contributed by atoms with Crippen LogP contribution >= 0.6 is 0 Å². The summed E-state index contributed by atoms with van der Waals surface area (Å²) in [6.45, 7) is 1.18. The van der Waals surface area contributed by atoms with Crippen molar-refractivity contribution in [2.75, 3.05) is 6.54 Å². The van der Waals surface area contributed by atoms with E-state index in [4.69, 9.17) is 0 Å². The molecule has 4 aromatic rings. The monoisotopic (exact) mass is 462 g/mol. The third-order valence-electron chi connectivity index (χ3n) is 5.47. The Morgan fingerprint density at radius 3 is 2.69 bits per heavy atom. The van der Waals surface area contributed by atoms with Crippen molar-refractivity contribution >= 4 is 20.9 Å². The lowest BCUT2D eigenvalue weighted by Gasteiger charge is -2.21. The van der Waals surface area contributed by atoms with Gasteiger partial charge in [0.1, 0.15) is 4.90 Å². The number of halogens is 2. The summed E-state index contributed by atoms with van der Waals surface area (Å²) >= 11 is 0. The van der Waals surface area contributed by atoms with E-state index in [-0.39, 0.29) is 23.7 Å². The molecule has 1 aromatic carbocycles. The molecule has 0 aliphatic carbocycles. The van der Waals surface area contributed by atoms with E-state index < -0.39 is 16.6 Å². The molecule has 11 heteroatoms. The smallest absolute Gasteiger partial charge is 0.333 e. The molecule has 170 valence electrons. The number of alkyl halides is 2. The predicted octanol–water partition coefficient (Wildman–Crippen LogP) is 3.72. The molecule has 4 rings (SSSR count). The number of fused-ring (bicyclic) bond motifs is 1. The van der Waals surface area contributed by atoms with Crippen LogP contribution in [0, 0.1) is 6.92 Å². The number of nitrogens with one attached hydrogen (secondary N) is 1. The van der Waals surface area contributed by atoms with Gasteiger partial charge in [-0.1, -0.05) is 18.2 Å². The maximum atomic E-state index is 13.5. The molecule has 0 bridgehead atoms. The van der Waals surface area contributed by atoms with Crippen molar-refractivity contribution in [1.82, 2.24) is 28.9 Å². The van der Waals surface area contributed by atoms with Crippen LogP contribution < -0.4 is 0 Å². The summed E-state index contributed by atoms with van der Waals surface area (Å²) in [5, 5.41) is 8.98. The first kappa shape index (κ1) is 22.2. The van der Waals surface area contributed by atoms with Gasteiger partial charge in [0.2, 0.25) is 10.0 Å². The average Bonchev–Trinajstić information content (AvgIpc) is 3.49. The Hall–Kier alpha value is -3.05. The average molecular weight is 463 g/mol. The zero-order chi connectivity index (χ0) is 22.9. The summed E-state index contributed by atoms with van der Waals surface area (Å²) in [4.78, 5) is 2.96. The van der Waals surface area contributed by atoms with Crippen LogP contribution in [-0.4, -0.2) is 43.8 Å². The van der Waals surface area contributed by atoms with Gasteiger partial charge in [0.15, 0.2) is 0 Å². The van der Waals surface area contributed by atoms with Gasteiger partial charge in [0.05, 0.1) is 24.1 Å². The lowest BCUT2D eigenvalue weighted by molar-refractivity contribution is 0.0541. The molecule has 0 fully saturated rings. The van der Waals surface area contributed by atoms with Crippen molar-refractivity contribution in [2.24, 2.45) is 0 Å². The van der Waals surface area contributed by atoms with Gasteiger partial charge in [-0.2, -0.15) is 23.3 Å². The molecule has 0 aliphatic heterocycles. The normalized spacial score (nSPS) is 12.4. The van der Waals surface area contributed by atoms with Crippen LogP contribution in [0.2, 0.25) is 0 Å². The number of aryl methyl sites for hydroxylation is 1. The first-order chi connectivity index (χ1) is 15.3. The summed E-state index contributed by atoms with van der Waals surface area (Å²) in [6.07, 6.45) is 5.07. The van der Waals surface area contributed by atoms with Crippen LogP contribution in [0.4, 0.5) is 8.78 Å². The SMILES string of the molecule is CCn1ccc(CN(CCc2c[nH]c3ccccc23)S(=O)(=O)c2cnn(C(F)F)c2C)n1. The van der Waals surface area contributed by atoms with Gasteiger partial charge in [0, 0.05) is 36.4 Å². The van der Waals surface area contributed by atoms with Crippen molar-refractivity contribution in [3.63, 3.8) is 0 Å². The van der Waals surface area contributed by atoms with E-state index >= 15 is 0 Å². The highest BCUT2D eigenvalue weighted by Gasteiger charge is 2.30. The van der Waals surface area contributed by atoms with E-state index in [0.29, 0.717) is 23.3 Å². The summed E-state index contributed by atoms with van der Waals surface area (Å²) < 4.78 is 56.7. The second kappa shape index (κ2) is 8.83. The van der Waals surface area contributed by atoms with Gasteiger partial charge >= 0.3 is 6.55 Å². The molecular weight excluding hydrogens is 438 g/mol. The van der Waals surface area contributed by atoms with Crippen molar-refractivity contribution in [2.45, 2.75) is 44.8 Å². The van der Waals surface area contributed by atoms with Crippen LogP contribution in [-0.2, 0) is 29.5 Å². The maximum Gasteiger partial charge on any atom is 0.333 e. The Labute approximate surface area is 184 Å². The van der Waals surface area contributed by atoms with Gasteiger partial charge in [-0.25, -0.2) is 13.1 Å². The topological polar surface area (TPSA) is 88.8 Å². The van der Waals surface area contributed by atoms with Gasteiger partial charge in [-0.05, 0) is 38.0 Å². The fraction of sp³-hybridized carbons (Fsp3) is 0.333. The third-order valence-corrected chi connectivity index (χ3v) is 7.41. The number of benzene rings is 1. The Balaban J connectivity index is 1.66. The summed E-state index contributed by atoms with van der Waals surface area (Å²) in [5.74, 6) is 0. The Bertz CT molecular complexity index is 1330. The van der Waals surface area contributed by atoms with E-state index in [1.54, 1.807) is 16.9 Å². The van der Waals surface area contributed by atoms with E-state index in [9.17, 15) is 17.2 Å². The molecule has 0 amide bonds. The summed E-state index contributed by atoms with van der Waals surface area (Å²) in [6, 6.07) is 9.53. The van der Waals surface area contributed by atoms with Crippen LogP contribution in [0.5, 0.6) is 0 Å². The van der Waals surface area contributed by atoms with Crippen LogP contribution in [0.3, 0.4) is 0 Å². The van der Waals surface area contributed by atoms with E-state index in [2.05, 4.69) is 15.2 Å². The summed E-state index contributed by atoms with van der Waals surface area (Å²) in [5.41, 5.74) is 2.41. The number of sulfonamides is 1. The highest BCUT2D eigenvalue weighted by atomic mass is 32.2. The zero-order valence-corrected chi connectivity index (χ0v) is 18.6. The molecule has 0 aliphatic rings. The Kier molecular flexibility index (Phi) is 6.11. The van der Waals surface area contributed by atoms with Crippen LogP contribution in [0.1, 0.15) is 30.4 Å². The fourth-order valence-corrected chi connectivity index (χ4v) is 5.27. The lowest BCUT2D eigenvalue weighted by Crippen LogP contribution is -2.33. The highest BCUT2D eigenvalue weighted by molar-refractivity contribution is 7.89. The number of aromatic nitrogens is 5. The minimum atomic E-state index is -4.09. The maximum absolute atomic E-state index is 13.5. The standard InChI is InChI=1S/C21H24F2N6O2S/c1-3-27-10-9-17(26-27)14-28(11-8-16-12-24-19-7-5-4-6-18(16)19)32(30,31)20-13-25-29(15(20)2)21(22)23/h4-7,9-10,12-13,21,24H,3,8,11,14H2,1-2H3. The molecule has 3 aromatic heterocycles. The van der Waals surface area contributed by atoms with E-state index in [0.717, 1.165) is 22.7 Å². The molecule has 1 N–H and O–H groups in total. The second-order valence-electron chi connectivity index (χ2n) is 7.43. The Morgan fingerprint density at radius 1 is 1.22 bits per heavy atom. The van der Waals surface area contributed by atoms with Gasteiger partial charge in [-0.15, -0.1) is 0 Å². The minimum absolute atomic E-state index is 0.0248. The number of H-pyrrole nitrogens is 1. The molecule has 0 atom stereocenters. The number of rotatable bonds is 9. The molecule has 3 heterocycles. The fourth-order valence-electron chi connectivity index (χ4n) is 3.71. The van der Waals surface area contributed by atoms with Gasteiger partial charge in [0.25, 0.3) is 0 Å². The minimum Gasteiger partial charge on any atom is -0.361 e. The van der Waals surface area contributed by atoms with Crippen molar-refractivity contribution in [3.8, 4) is 0 Å². The molecule has 8 nitrogen and oxygen atoms in total. The molecule has 0 saturated heterocycles. The highest BCUT2D eigenvalue weighted by Crippen LogP contribution is 2.25. The zero-order valence-electron chi connectivity index (χ0n) is 17.7. The molecule has 32 heavy (non-hydrogen) atoms. The second-order valence-corrected chi connectivity index (χ2v) is 9.33. The molecular formula is C21H24F2N6O2S. The quantitative estimate of drug-likeness (QED) is 0.411. The number of para-hydroxylation sites is 1. The van der Waals surface area contributed by atoms with Crippen LogP contribution in [0.15, 0.2) is 53.8 Å². The van der Waals surface area contributed by atoms with Crippen LogP contribution in [0.25, 0.3) is 10.9 Å². The van der Waals surface area contributed by atoms with E-state index in [1.165, 1.54) is 11.2 Å². The van der Waals surface area contributed by atoms with Crippen molar-refractivity contribution in [1.29, 1.82) is 0 Å². The number of aromatic amines is 1. The predicted molar refractivity (Wildman–Crippen MR) is 116 cm³/mol. The molecule has 0 unspecified atom stereocenters. The summed E-state index contributed by atoms with van der Waals surface area (Å²) in [7, 11) is -4.09. The molecule has 0 spiro atoms. The van der Waals surface area contributed by atoms with Crippen molar-refractivity contribution < 1.29 is 17.2 Å². The molecule has 0 radical (unpaired) electrons. The third kappa shape index (κ3) is 4.17. The largest absolute Gasteiger partial charge is 0.361 e. The molecule has 0 saturated carbocycles. The van der Waals surface area contributed by atoms with E-state index in [1.807, 2.05) is 37.4 Å². The van der Waals surface area contributed by atoms with Gasteiger partial charge < -0.3 is 4.98 Å². The first-order valence-electron chi connectivity index (χ1n) is 10.2. The number of hydrogen-bond donors (Lipinski definition) is 1. The number of hydrogen-bond acceptors (Lipinski definition) is 4. The first-order valence-corrected chi connectivity index (χ1v) is 11.6. The Morgan fingerprint density at radius 2 is 2.00 bits per heavy atom. The lowest BCUT2D eigenvalue weighted by atomic mass is 10.1.